The third-order valence-corrected chi connectivity index (χ3v) is 4.27. The van der Waals surface area contributed by atoms with Crippen molar-refractivity contribution in [2.24, 2.45) is 0 Å². The summed E-state index contributed by atoms with van der Waals surface area (Å²) in [7, 11) is 0. The molecule has 0 saturated carbocycles. The maximum absolute atomic E-state index is 12.2. The largest absolute Gasteiger partial charge is 0.394 e. The van der Waals surface area contributed by atoms with Crippen LogP contribution in [-0.4, -0.2) is 29.8 Å². The van der Waals surface area contributed by atoms with E-state index in [0.717, 1.165) is 18.4 Å². The smallest absolute Gasteiger partial charge is 0.315 e. The molecule has 0 fully saturated rings. The first-order chi connectivity index (χ1) is 11.2. The first-order valence-electron chi connectivity index (χ1n) is 8.03. The highest BCUT2D eigenvalue weighted by Gasteiger charge is 2.23. The van der Waals surface area contributed by atoms with E-state index in [1.165, 1.54) is 11.1 Å². The quantitative estimate of drug-likeness (QED) is 0.791. The van der Waals surface area contributed by atoms with Crippen LogP contribution >= 0.6 is 0 Å². The zero-order chi connectivity index (χ0) is 16.1. The van der Waals surface area contributed by atoms with Crippen molar-refractivity contribution in [1.82, 2.24) is 10.6 Å². The molecule has 2 amide bonds. The molecule has 1 atom stereocenters. The number of amides is 2. The number of hydrogen-bond donors (Lipinski definition) is 3. The molecule has 1 aliphatic rings. The van der Waals surface area contributed by atoms with Gasteiger partial charge in [0, 0.05) is 6.04 Å². The van der Waals surface area contributed by atoms with Gasteiger partial charge in [0.25, 0.3) is 0 Å². The lowest BCUT2D eigenvalue weighted by molar-refractivity contribution is 0.213. The third-order valence-electron chi connectivity index (χ3n) is 4.27. The van der Waals surface area contributed by atoms with E-state index in [0.29, 0.717) is 6.42 Å². The zero-order valence-corrected chi connectivity index (χ0v) is 13.0. The van der Waals surface area contributed by atoms with E-state index in [4.69, 9.17) is 0 Å². The molecule has 2 aromatic carbocycles. The number of hydrogen-bond acceptors (Lipinski definition) is 2. The standard InChI is InChI=1S/C19H22N2O2/c22-13-18(10-14-6-2-1-3-7-14)21-19(23)20-17-11-15-8-4-5-9-16(15)12-17/h1-9,17-18,22H,10-13H2,(H2,20,21,23)/t18-/m0/s1. The molecule has 0 bridgehead atoms. The molecule has 3 rings (SSSR count). The van der Waals surface area contributed by atoms with Gasteiger partial charge in [-0.05, 0) is 36.0 Å². The lowest BCUT2D eigenvalue weighted by Crippen LogP contribution is -2.48. The molecule has 0 heterocycles. The second-order valence-corrected chi connectivity index (χ2v) is 6.06. The maximum atomic E-state index is 12.2. The Morgan fingerprint density at radius 1 is 1.04 bits per heavy atom. The Morgan fingerprint density at radius 3 is 2.26 bits per heavy atom. The van der Waals surface area contributed by atoms with Gasteiger partial charge in [-0.3, -0.25) is 0 Å². The first-order valence-corrected chi connectivity index (χ1v) is 8.03. The van der Waals surface area contributed by atoms with Crippen molar-refractivity contribution < 1.29 is 9.90 Å². The van der Waals surface area contributed by atoms with Crippen molar-refractivity contribution in [2.45, 2.75) is 31.3 Å². The minimum atomic E-state index is -0.277. The van der Waals surface area contributed by atoms with Gasteiger partial charge < -0.3 is 15.7 Å². The van der Waals surface area contributed by atoms with Crippen LogP contribution in [0.3, 0.4) is 0 Å². The van der Waals surface area contributed by atoms with Crippen LogP contribution in [0.5, 0.6) is 0 Å². The summed E-state index contributed by atoms with van der Waals surface area (Å²) in [4.78, 5) is 12.2. The van der Waals surface area contributed by atoms with Crippen molar-refractivity contribution in [3.05, 3.63) is 71.3 Å². The molecule has 120 valence electrons. The normalized spacial score (nSPS) is 15.0. The summed E-state index contributed by atoms with van der Waals surface area (Å²) in [5.74, 6) is 0. The summed E-state index contributed by atoms with van der Waals surface area (Å²) in [5, 5.41) is 15.4. The van der Waals surface area contributed by atoms with E-state index >= 15 is 0 Å². The molecular weight excluding hydrogens is 288 g/mol. The summed E-state index contributed by atoms with van der Waals surface area (Å²) in [6.07, 6.45) is 2.35. The van der Waals surface area contributed by atoms with E-state index in [2.05, 4.69) is 22.8 Å². The SMILES string of the molecule is O=C(NC1Cc2ccccc2C1)N[C@H](CO)Cc1ccccc1. The summed E-state index contributed by atoms with van der Waals surface area (Å²) in [6.45, 7) is -0.0762. The molecule has 3 N–H and O–H groups in total. The van der Waals surface area contributed by atoms with E-state index in [9.17, 15) is 9.90 Å². The number of aliphatic hydroxyl groups excluding tert-OH is 1. The minimum Gasteiger partial charge on any atom is -0.394 e. The van der Waals surface area contributed by atoms with Crippen LogP contribution in [0.15, 0.2) is 54.6 Å². The number of carbonyl (C=O) groups is 1. The molecular formula is C19H22N2O2. The van der Waals surface area contributed by atoms with Crippen LogP contribution in [-0.2, 0) is 19.3 Å². The van der Waals surface area contributed by atoms with Gasteiger partial charge in [0.1, 0.15) is 0 Å². The fraction of sp³-hybridized carbons (Fsp3) is 0.316. The third kappa shape index (κ3) is 4.11. The molecule has 0 spiro atoms. The fourth-order valence-corrected chi connectivity index (χ4v) is 3.13. The van der Waals surface area contributed by atoms with Gasteiger partial charge in [0.2, 0.25) is 0 Å². The van der Waals surface area contributed by atoms with E-state index in [1.807, 2.05) is 42.5 Å². The lowest BCUT2D eigenvalue weighted by atomic mass is 10.1. The van der Waals surface area contributed by atoms with Gasteiger partial charge in [-0.15, -0.1) is 0 Å². The number of aliphatic hydroxyl groups is 1. The molecule has 0 unspecified atom stereocenters. The van der Waals surface area contributed by atoms with Crippen molar-refractivity contribution in [3.8, 4) is 0 Å². The van der Waals surface area contributed by atoms with Gasteiger partial charge in [-0.1, -0.05) is 54.6 Å². The summed E-state index contributed by atoms with van der Waals surface area (Å²) < 4.78 is 0. The zero-order valence-electron chi connectivity index (χ0n) is 13.0. The fourth-order valence-electron chi connectivity index (χ4n) is 3.13. The average molecular weight is 310 g/mol. The molecule has 4 nitrogen and oxygen atoms in total. The Balaban J connectivity index is 1.51. The molecule has 2 aromatic rings. The molecule has 0 aromatic heterocycles. The van der Waals surface area contributed by atoms with Gasteiger partial charge in [-0.2, -0.15) is 0 Å². The highest BCUT2D eigenvalue weighted by atomic mass is 16.3. The van der Waals surface area contributed by atoms with Crippen LogP contribution in [0.25, 0.3) is 0 Å². The van der Waals surface area contributed by atoms with Crippen LogP contribution in [0.1, 0.15) is 16.7 Å². The molecule has 0 saturated heterocycles. The summed E-state index contributed by atoms with van der Waals surface area (Å²) in [6, 6.07) is 17.8. The van der Waals surface area contributed by atoms with Crippen molar-refractivity contribution in [3.63, 3.8) is 0 Å². The van der Waals surface area contributed by atoms with Crippen LogP contribution in [0.2, 0.25) is 0 Å². The number of benzene rings is 2. The predicted octanol–water partition coefficient (Wildman–Crippen LogP) is 2.06. The van der Waals surface area contributed by atoms with Crippen LogP contribution in [0, 0.1) is 0 Å². The van der Waals surface area contributed by atoms with Crippen molar-refractivity contribution >= 4 is 6.03 Å². The Morgan fingerprint density at radius 2 is 1.65 bits per heavy atom. The average Bonchev–Trinajstić information content (AvgIpc) is 2.97. The molecule has 1 aliphatic carbocycles. The van der Waals surface area contributed by atoms with Crippen molar-refractivity contribution in [2.75, 3.05) is 6.61 Å². The van der Waals surface area contributed by atoms with Gasteiger partial charge >= 0.3 is 6.03 Å². The van der Waals surface area contributed by atoms with E-state index < -0.39 is 0 Å². The number of carbonyl (C=O) groups excluding carboxylic acids is 1. The van der Waals surface area contributed by atoms with Gasteiger partial charge in [-0.25, -0.2) is 4.79 Å². The van der Waals surface area contributed by atoms with E-state index in [-0.39, 0.29) is 24.7 Å². The Kier molecular flexibility index (Phi) is 4.93. The van der Waals surface area contributed by atoms with Crippen molar-refractivity contribution in [1.29, 1.82) is 0 Å². The van der Waals surface area contributed by atoms with Crippen LogP contribution < -0.4 is 10.6 Å². The highest BCUT2D eigenvalue weighted by Crippen LogP contribution is 2.21. The maximum Gasteiger partial charge on any atom is 0.315 e. The number of fused-ring (bicyclic) bond motifs is 1. The summed E-state index contributed by atoms with van der Waals surface area (Å²) in [5.41, 5.74) is 3.71. The molecule has 0 aliphatic heterocycles. The number of rotatable bonds is 5. The number of nitrogens with one attached hydrogen (secondary N) is 2. The van der Waals surface area contributed by atoms with Gasteiger partial charge in [0.05, 0.1) is 12.6 Å². The van der Waals surface area contributed by atoms with Gasteiger partial charge in [0.15, 0.2) is 0 Å². The molecule has 23 heavy (non-hydrogen) atoms. The lowest BCUT2D eigenvalue weighted by Gasteiger charge is -2.19. The van der Waals surface area contributed by atoms with E-state index in [1.54, 1.807) is 0 Å². The number of urea groups is 1. The highest BCUT2D eigenvalue weighted by molar-refractivity contribution is 5.75. The van der Waals surface area contributed by atoms with Crippen LogP contribution in [0.4, 0.5) is 4.79 Å². The minimum absolute atomic E-state index is 0.0762. The Hall–Kier alpha value is -2.33. The second kappa shape index (κ2) is 7.29. The molecule has 0 radical (unpaired) electrons. The summed E-state index contributed by atoms with van der Waals surface area (Å²) >= 11 is 0. The topological polar surface area (TPSA) is 61.4 Å². The monoisotopic (exact) mass is 310 g/mol. The first kappa shape index (κ1) is 15.6. The Bertz CT molecular complexity index is 632. The molecule has 4 heteroatoms. The predicted molar refractivity (Wildman–Crippen MR) is 90.3 cm³/mol. The Labute approximate surface area is 136 Å². The second-order valence-electron chi connectivity index (χ2n) is 6.06.